The fourth-order valence-corrected chi connectivity index (χ4v) is 2.19. The van der Waals surface area contributed by atoms with Crippen LogP contribution in [-0.4, -0.2) is 25.2 Å². The number of rotatable bonds is 1. The predicted octanol–water partition coefficient (Wildman–Crippen LogP) is 1.04. The van der Waals surface area contributed by atoms with Crippen LogP contribution in [0.1, 0.15) is 13.8 Å². The smallest absolute Gasteiger partial charge is 0.0568 e. The Labute approximate surface area is 96.6 Å². The van der Waals surface area contributed by atoms with Crippen molar-refractivity contribution in [1.29, 1.82) is 0 Å². The van der Waals surface area contributed by atoms with E-state index in [-0.39, 0.29) is 5.54 Å². The van der Waals surface area contributed by atoms with Crippen LogP contribution in [0.5, 0.6) is 0 Å². The zero-order chi connectivity index (χ0) is 11.8. The van der Waals surface area contributed by atoms with E-state index in [0.29, 0.717) is 11.4 Å². The second kappa shape index (κ2) is 3.87. The summed E-state index contributed by atoms with van der Waals surface area (Å²) in [6.07, 6.45) is 0. The van der Waals surface area contributed by atoms with E-state index in [1.54, 1.807) is 0 Å². The monoisotopic (exact) mass is 220 g/mol. The predicted molar refractivity (Wildman–Crippen MR) is 69.6 cm³/mol. The minimum atomic E-state index is 0.112. The summed E-state index contributed by atoms with van der Waals surface area (Å²) in [5.41, 5.74) is 14.2. The molecule has 1 aliphatic rings. The summed E-state index contributed by atoms with van der Waals surface area (Å²) in [4.78, 5) is 2.37. The van der Waals surface area contributed by atoms with Crippen LogP contribution in [0.3, 0.4) is 0 Å². The van der Waals surface area contributed by atoms with Gasteiger partial charge in [-0.25, -0.2) is 0 Å². The Morgan fingerprint density at radius 3 is 2.62 bits per heavy atom. The topological polar surface area (TPSA) is 67.3 Å². The standard InChI is InChI=1S/C12H20N4/c1-12(2)8-15-5-6-16(12)9-3-4-10(13)11(14)7-9/h3-4,7,15H,5-6,8,13-14H2,1-2H3. The van der Waals surface area contributed by atoms with Crippen LogP contribution < -0.4 is 21.7 Å². The number of nitrogens with zero attached hydrogens (tertiary/aromatic N) is 1. The van der Waals surface area contributed by atoms with Crippen LogP contribution in [0.2, 0.25) is 0 Å². The number of nitrogen functional groups attached to an aromatic ring is 2. The average molecular weight is 220 g/mol. The van der Waals surface area contributed by atoms with Crippen molar-refractivity contribution < 1.29 is 0 Å². The summed E-state index contributed by atoms with van der Waals surface area (Å²) in [6, 6.07) is 5.88. The van der Waals surface area contributed by atoms with E-state index >= 15 is 0 Å². The van der Waals surface area contributed by atoms with E-state index < -0.39 is 0 Å². The Bertz CT molecular complexity index is 387. The molecular weight excluding hydrogens is 200 g/mol. The number of nitrogens with one attached hydrogen (secondary N) is 1. The molecule has 0 unspecified atom stereocenters. The highest BCUT2D eigenvalue weighted by Crippen LogP contribution is 2.29. The molecule has 0 spiro atoms. The minimum absolute atomic E-state index is 0.112. The third-order valence-electron chi connectivity index (χ3n) is 3.18. The van der Waals surface area contributed by atoms with Crippen LogP contribution in [0.4, 0.5) is 17.1 Å². The Morgan fingerprint density at radius 2 is 2.00 bits per heavy atom. The number of hydrogen-bond donors (Lipinski definition) is 3. The molecule has 4 nitrogen and oxygen atoms in total. The number of benzene rings is 1. The van der Waals surface area contributed by atoms with E-state index in [9.17, 15) is 0 Å². The normalized spacial score (nSPS) is 19.8. The highest BCUT2D eigenvalue weighted by molar-refractivity contribution is 5.70. The fourth-order valence-electron chi connectivity index (χ4n) is 2.19. The first-order valence-electron chi connectivity index (χ1n) is 5.64. The molecule has 0 aromatic heterocycles. The van der Waals surface area contributed by atoms with Gasteiger partial charge in [0.1, 0.15) is 0 Å². The van der Waals surface area contributed by atoms with Gasteiger partial charge in [0, 0.05) is 30.9 Å². The highest BCUT2D eigenvalue weighted by atomic mass is 15.3. The first-order chi connectivity index (χ1) is 7.50. The molecule has 1 aromatic carbocycles. The SMILES string of the molecule is CC1(C)CNCCN1c1ccc(N)c(N)c1. The third kappa shape index (κ3) is 1.93. The molecule has 0 saturated carbocycles. The Hall–Kier alpha value is -1.42. The summed E-state index contributed by atoms with van der Waals surface area (Å²) in [7, 11) is 0. The van der Waals surface area contributed by atoms with Gasteiger partial charge in [-0.05, 0) is 32.0 Å². The van der Waals surface area contributed by atoms with Crippen molar-refractivity contribution >= 4 is 17.1 Å². The lowest BCUT2D eigenvalue weighted by molar-refractivity contribution is 0.380. The quantitative estimate of drug-likeness (QED) is 0.619. The highest BCUT2D eigenvalue weighted by Gasteiger charge is 2.29. The maximum absolute atomic E-state index is 5.85. The first kappa shape index (κ1) is 11.1. The zero-order valence-corrected chi connectivity index (χ0v) is 9.96. The maximum Gasteiger partial charge on any atom is 0.0568 e. The van der Waals surface area contributed by atoms with E-state index in [0.717, 1.165) is 25.3 Å². The number of nitrogens with two attached hydrogens (primary N) is 2. The molecule has 1 aliphatic heterocycles. The number of anilines is 3. The molecular formula is C12H20N4. The van der Waals surface area contributed by atoms with Crippen LogP contribution in [-0.2, 0) is 0 Å². The first-order valence-corrected chi connectivity index (χ1v) is 5.64. The van der Waals surface area contributed by atoms with Gasteiger partial charge in [-0.15, -0.1) is 0 Å². The average Bonchev–Trinajstić information content (AvgIpc) is 2.22. The second-order valence-electron chi connectivity index (χ2n) is 4.95. The lowest BCUT2D eigenvalue weighted by atomic mass is 9.99. The Morgan fingerprint density at radius 1 is 1.25 bits per heavy atom. The summed E-state index contributed by atoms with van der Waals surface area (Å²) in [5.74, 6) is 0. The van der Waals surface area contributed by atoms with Gasteiger partial charge in [0.15, 0.2) is 0 Å². The largest absolute Gasteiger partial charge is 0.397 e. The molecule has 0 radical (unpaired) electrons. The Kier molecular flexibility index (Phi) is 2.68. The maximum atomic E-state index is 5.85. The van der Waals surface area contributed by atoms with Crippen molar-refractivity contribution in [3.8, 4) is 0 Å². The molecule has 0 amide bonds. The van der Waals surface area contributed by atoms with Gasteiger partial charge in [0.2, 0.25) is 0 Å². The third-order valence-corrected chi connectivity index (χ3v) is 3.18. The van der Waals surface area contributed by atoms with Crippen LogP contribution in [0.25, 0.3) is 0 Å². The van der Waals surface area contributed by atoms with Crippen LogP contribution >= 0.6 is 0 Å². The van der Waals surface area contributed by atoms with Crippen LogP contribution in [0.15, 0.2) is 18.2 Å². The van der Waals surface area contributed by atoms with Gasteiger partial charge >= 0.3 is 0 Å². The van der Waals surface area contributed by atoms with Gasteiger partial charge in [-0.2, -0.15) is 0 Å². The lowest BCUT2D eigenvalue weighted by Crippen LogP contribution is -2.58. The minimum Gasteiger partial charge on any atom is -0.397 e. The number of hydrogen-bond acceptors (Lipinski definition) is 4. The van der Waals surface area contributed by atoms with Crippen molar-refractivity contribution in [2.24, 2.45) is 0 Å². The van der Waals surface area contributed by atoms with E-state index in [1.807, 2.05) is 18.2 Å². The van der Waals surface area contributed by atoms with Gasteiger partial charge in [0.25, 0.3) is 0 Å². The zero-order valence-electron chi connectivity index (χ0n) is 9.96. The van der Waals surface area contributed by atoms with E-state index in [1.165, 1.54) is 0 Å². The van der Waals surface area contributed by atoms with Crippen molar-refractivity contribution in [3.05, 3.63) is 18.2 Å². The van der Waals surface area contributed by atoms with Gasteiger partial charge < -0.3 is 21.7 Å². The lowest BCUT2D eigenvalue weighted by Gasteiger charge is -2.44. The van der Waals surface area contributed by atoms with Gasteiger partial charge in [-0.1, -0.05) is 0 Å². The van der Waals surface area contributed by atoms with Crippen LogP contribution in [0, 0.1) is 0 Å². The molecule has 2 rings (SSSR count). The summed E-state index contributed by atoms with van der Waals surface area (Å²) >= 11 is 0. The fraction of sp³-hybridized carbons (Fsp3) is 0.500. The molecule has 5 N–H and O–H groups in total. The van der Waals surface area contributed by atoms with Crippen molar-refractivity contribution in [2.75, 3.05) is 36.0 Å². The molecule has 4 heteroatoms. The summed E-state index contributed by atoms with van der Waals surface area (Å²) in [6.45, 7) is 7.44. The van der Waals surface area contributed by atoms with Crippen molar-refractivity contribution in [1.82, 2.24) is 5.32 Å². The van der Waals surface area contributed by atoms with Gasteiger partial charge in [0.05, 0.1) is 11.4 Å². The van der Waals surface area contributed by atoms with Gasteiger partial charge in [-0.3, -0.25) is 0 Å². The molecule has 1 saturated heterocycles. The molecule has 1 aromatic rings. The summed E-state index contributed by atoms with van der Waals surface area (Å²) < 4.78 is 0. The van der Waals surface area contributed by atoms with E-state index in [4.69, 9.17) is 11.5 Å². The van der Waals surface area contributed by atoms with Crippen molar-refractivity contribution in [3.63, 3.8) is 0 Å². The summed E-state index contributed by atoms with van der Waals surface area (Å²) in [5, 5.41) is 3.40. The Balaban J connectivity index is 2.31. The second-order valence-corrected chi connectivity index (χ2v) is 4.95. The van der Waals surface area contributed by atoms with Crippen molar-refractivity contribution in [2.45, 2.75) is 19.4 Å². The number of piperazine rings is 1. The molecule has 0 aliphatic carbocycles. The molecule has 16 heavy (non-hydrogen) atoms. The molecule has 0 atom stereocenters. The molecule has 1 heterocycles. The molecule has 1 fully saturated rings. The van der Waals surface area contributed by atoms with E-state index in [2.05, 4.69) is 24.1 Å². The molecule has 0 bridgehead atoms. The molecule has 88 valence electrons.